The van der Waals surface area contributed by atoms with Crippen molar-refractivity contribution in [2.75, 3.05) is 18.2 Å². The molecule has 0 radical (unpaired) electrons. The number of furan rings is 1. The Morgan fingerprint density at radius 2 is 2.03 bits per heavy atom. The van der Waals surface area contributed by atoms with Gasteiger partial charge in [-0.1, -0.05) is 29.4 Å². The topological polar surface area (TPSA) is 99.2 Å². The van der Waals surface area contributed by atoms with Gasteiger partial charge in [-0.2, -0.15) is 0 Å². The highest BCUT2D eigenvalue weighted by molar-refractivity contribution is 7.99. The Hall–Kier alpha value is -3.30. The van der Waals surface area contributed by atoms with Gasteiger partial charge < -0.3 is 19.0 Å². The van der Waals surface area contributed by atoms with Crippen LogP contribution in [0.3, 0.4) is 0 Å². The van der Waals surface area contributed by atoms with Crippen LogP contribution >= 0.6 is 23.4 Å². The fraction of sp³-hybridized carbons (Fsp3) is 0.143. The van der Waals surface area contributed by atoms with Crippen LogP contribution in [0.2, 0.25) is 5.02 Å². The molecule has 0 aliphatic heterocycles. The molecule has 1 N–H and O–H groups in total. The lowest BCUT2D eigenvalue weighted by atomic mass is 10.2. The van der Waals surface area contributed by atoms with Crippen LogP contribution in [0.5, 0.6) is 0 Å². The number of halogens is 1. The van der Waals surface area contributed by atoms with E-state index in [0.717, 1.165) is 5.39 Å². The number of amides is 1. The fourth-order valence-electron chi connectivity index (χ4n) is 2.95. The maximum Gasteiger partial charge on any atom is 0.337 e. The number of fused-ring (bicyclic) bond motifs is 1. The summed E-state index contributed by atoms with van der Waals surface area (Å²) in [5.74, 6) is 0.508. The zero-order chi connectivity index (χ0) is 22.0. The second-order valence-electron chi connectivity index (χ2n) is 6.57. The number of methoxy groups -OCH3 is 1. The number of hydrogen-bond acceptors (Lipinski definition) is 7. The van der Waals surface area contributed by atoms with Gasteiger partial charge in [-0.3, -0.25) is 4.79 Å². The van der Waals surface area contributed by atoms with E-state index in [1.54, 1.807) is 48.0 Å². The predicted octanol–water partition coefficient (Wildman–Crippen LogP) is 4.40. The van der Waals surface area contributed by atoms with Crippen molar-refractivity contribution in [1.29, 1.82) is 0 Å². The van der Waals surface area contributed by atoms with Crippen LogP contribution in [-0.4, -0.2) is 39.5 Å². The van der Waals surface area contributed by atoms with Crippen molar-refractivity contribution >= 4 is 51.9 Å². The van der Waals surface area contributed by atoms with Crippen LogP contribution in [0.15, 0.2) is 58.1 Å². The van der Waals surface area contributed by atoms with E-state index in [4.69, 9.17) is 20.8 Å². The molecule has 0 saturated heterocycles. The smallest absolute Gasteiger partial charge is 0.337 e. The summed E-state index contributed by atoms with van der Waals surface area (Å²) >= 11 is 7.27. The zero-order valence-corrected chi connectivity index (χ0v) is 18.2. The van der Waals surface area contributed by atoms with E-state index in [9.17, 15) is 9.59 Å². The predicted molar refractivity (Wildman–Crippen MR) is 118 cm³/mol. The monoisotopic (exact) mass is 456 g/mol. The number of ether oxygens (including phenoxy) is 1. The summed E-state index contributed by atoms with van der Waals surface area (Å²) in [5, 5.41) is 13.2. The molecule has 158 valence electrons. The summed E-state index contributed by atoms with van der Waals surface area (Å²) in [4.78, 5) is 24.0. The third-order valence-electron chi connectivity index (χ3n) is 4.43. The van der Waals surface area contributed by atoms with Crippen molar-refractivity contribution in [3.05, 3.63) is 59.1 Å². The van der Waals surface area contributed by atoms with E-state index >= 15 is 0 Å². The normalized spacial score (nSPS) is 10.9. The van der Waals surface area contributed by atoms with Crippen molar-refractivity contribution in [2.24, 2.45) is 7.05 Å². The van der Waals surface area contributed by atoms with E-state index in [-0.39, 0.29) is 11.7 Å². The first kappa shape index (κ1) is 21.0. The lowest BCUT2D eigenvalue weighted by molar-refractivity contribution is -0.113. The molecule has 0 fully saturated rings. The van der Waals surface area contributed by atoms with Gasteiger partial charge >= 0.3 is 5.97 Å². The van der Waals surface area contributed by atoms with E-state index < -0.39 is 5.97 Å². The van der Waals surface area contributed by atoms with E-state index in [0.29, 0.717) is 38.6 Å². The number of carbonyl (C=O) groups excluding carboxylic acids is 2. The highest BCUT2D eigenvalue weighted by atomic mass is 35.5. The quantitative estimate of drug-likeness (QED) is 0.339. The number of aromatic nitrogens is 3. The average Bonchev–Trinajstić information content (AvgIpc) is 3.34. The number of carbonyl (C=O) groups is 2. The van der Waals surface area contributed by atoms with Crippen LogP contribution in [0.25, 0.3) is 22.6 Å². The number of benzene rings is 2. The molecule has 10 heteroatoms. The minimum Gasteiger partial charge on any atom is -0.465 e. The van der Waals surface area contributed by atoms with Gasteiger partial charge in [0.05, 0.1) is 18.4 Å². The Labute approximate surface area is 186 Å². The molecule has 2 aromatic heterocycles. The Morgan fingerprint density at radius 1 is 1.19 bits per heavy atom. The van der Waals surface area contributed by atoms with Crippen molar-refractivity contribution in [3.8, 4) is 11.6 Å². The van der Waals surface area contributed by atoms with Crippen LogP contribution in [0.4, 0.5) is 5.69 Å². The molecule has 0 bridgehead atoms. The van der Waals surface area contributed by atoms with Crippen molar-refractivity contribution < 1.29 is 18.7 Å². The molecule has 2 heterocycles. The van der Waals surface area contributed by atoms with Gasteiger partial charge in [0.15, 0.2) is 16.7 Å². The number of anilines is 1. The summed E-state index contributed by atoms with van der Waals surface area (Å²) < 4.78 is 12.3. The van der Waals surface area contributed by atoms with E-state index in [2.05, 4.69) is 15.5 Å². The van der Waals surface area contributed by atoms with E-state index in [1.807, 2.05) is 12.1 Å². The SMILES string of the molecule is COC(=O)c1cccc(NC(=O)CSc2nnc(-c3cc4cc(Cl)ccc4o3)n2C)c1. The molecule has 4 rings (SSSR count). The highest BCUT2D eigenvalue weighted by Crippen LogP contribution is 2.30. The Kier molecular flexibility index (Phi) is 5.97. The van der Waals surface area contributed by atoms with Gasteiger partial charge in [0.1, 0.15) is 5.58 Å². The minimum atomic E-state index is -0.468. The van der Waals surface area contributed by atoms with Gasteiger partial charge in [-0.05, 0) is 42.5 Å². The van der Waals surface area contributed by atoms with Crippen LogP contribution in [-0.2, 0) is 16.6 Å². The molecule has 2 aromatic carbocycles. The summed E-state index contributed by atoms with van der Waals surface area (Å²) in [7, 11) is 3.11. The lowest BCUT2D eigenvalue weighted by Gasteiger charge is -2.06. The first-order chi connectivity index (χ1) is 14.9. The number of thioether (sulfide) groups is 1. The number of hydrogen-bond donors (Lipinski definition) is 1. The maximum absolute atomic E-state index is 12.3. The van der Waals surface area contributed by atoms with Crippen molar-refractivity contribution in [2.45, 2.75) is 5.16 Å². The molecule has 0 unspecified atom stereocenters. The molecule has 0 aliphatic carbocycles. The number of nitrogens with zero attached hydrogens (tertiary/aromatic N) is 3. The first-order valence-corrected chi connectivity index (χ1v) is 10.5. The second-order valence-corrected chi connectivity index (χ2v) is 7.95. The second kappa shape index (κ2) is 8.83. The van der Waals surface area contributed by atoms with Gasteiger partial charge in [0.2, 0.25) is 5.91 Å². The Balaban J connectivity index is 1.43. The third-order valence-corrected chi connectivity index (χ3v) is 5.69. The molecule has 0 aliphatic rings. The molecule has 31 heavy (non-hydrogen) atoms. The van der Waals surface area contributed by atoms with Crippen molar-refractivity contribution in [3.63, 3.8) is 0 Å². The Bertz CT molecular complexity index is 1280. The standard InChI is InChI=1S/C21H17ClN4O4S/c1-26-19(17-10-13-8-14(22)6-7-16(13)30-17)24-25-21(26)31-11-18(27)23-15-5-3-4-12(9-15)20(28)29-2/h3-10H,11H2,1-2H3,(H,23,27). The van der Waals surface area contributed by atoms with Gasteiger partial charge in [0, 0.05) is 23.1 Å². The van der Waals surface area contributed by atoms with E-state index in [1.165, 1.54) is 18.9 Å². The Morgan fingerprint density at radius 3 is 2.84 bits per heavy atom. The molecular formula is C21H17ClN4O4S. The van der Waals surface area contributed by atoms with Crippen LogP contribution in [0, 0.1) is 0 Å². The number of esters is 1. The molecule has 1 amide bonds. The summed E-state index contributed by atoms with van der Waals surface area (Å²) in [5.41, 5.74) is 1.57. The van der Waals surface area contributed by atoms with Crippen LogP contribution in [0.1, 0.15) is 10.4 Å². The van der Waals surface area contributed by atoms with Gasteiger partial charge in [-0.25, -0.2) is 4.79 Å². The first-order valence-electron chi connectivity index (χ1n) is 9.14. The largest absolute Gasteiger partial charge is 0.465 e. The number of nitrogens with one attached hydrogen (secondary N) is 1. The summed E-state index contributed by atoms with van der Waals surface area (Å²) in [6.07, 6.45) is 0. The van der Waals surface area contributed by atoms with Gasteiger partial charge in [-0.15, -0.1) is 10.2 Å². The molecule has 4 aromatic rings. The summed E-state index contributed by atoms with van der Waals surface area (Å²) in [6, 6.07) is 13.8. The van der Waals surface area contributed by atoms with Crippen LogP contribution < -0.4 is 5.32 Å². The zero-order valence-electron chi connectivity index (χ0n) is 16.6. The van der Waals surface area contributed by atoms with Crippen molar-refractivity contribution in [1.82, 2.24) is 14.8 Å². The minimum absolute atomic E-state index is 0.115. The molecule has 0 saturated carbocycles. The molecular weight excluding hydrogens is 440 g/mol. The lowest BCUT2D eigenvalue weighted by Crippen LogP contribution is -2.15. The average molecular weight is 457 g/mol. The van der Waals surface area contributed by atoms with Gasteiger partial charge in [0.25, 0.3) is 0 Å². The molecule has 8 nitrogen and oxygen atoms in total. The maximum atomic E-state index is 12.3. The third kappa shape index (κ3) is 4.57. The number of rotatable bonds is 6. The highest BCUT2D eigenvalue weighted by Gasteiger charge is 2.17. The molecule has 0 spiro atoms. The summed E-state index contributed by atoms with van der Waals surface area (Å²) in [6.45, 7) is 0. The molecule has 0 atom stereocenters. The fourth-order valence-corrected chi connectivity index (χ4v) is 3.84.